The van der Waals surface area contributed by atoms with E-state index in [2.05, 4.69) is 4.98 Å². The number of alkyl halides is 3. The molecule has 0 bridgehead atoms. The van der Waals surface area contributed by atoms with Crippen LogP contribution in [0.3, 0.4) is 0 Å². The average Bonchev–Trinajstić information content (AvgIpc) is 2.95. The number of aromatic nitrogens is 1. The normalized spacial score (nSPS) is 13.0. The summed E-state index contributed by atoms with van der Waals surface area (Å²) in [4.78, 5) is 16.7. The van der Waals surface area contributed by atoms with Gasteiger partial charge in [-0.1, -0.05) is 12.1 Å². The van der Waals surface area contributed by atoms with Crippen LogP contribution in [-0.2, 0) is 0 Å². The van der Waals surface area contributed by atoms with Gasteiger partial charge in [-0.25, -0.2) is 9.37 Å². The molecule has 4 nitrogen and oxygen atoms in total. The van der Waals surface area contributed by atoms with E-state index in [0.717, 1.165) is 23.3 Å². The maximum Gasteiger partial charge on any atom is 0.416 e. The van der Waals surface area contributed by atoms with Gasteiger partial charge in [-0.15, -0.1) is 11.3 Å². The van der Waals surface area contributed by atoms with Crippen LogP contribution in [0, 0.1) is 5.82 Å². The van der Waals surface area contributed by atoms with E-state index in [-0.39, 0.29) is 16.3 Å². The number of carbonyl (C=O) groups excluding carboxylic acids is 1. The number of amides is 1. The zero-order valence-corrected chi connectivity index (χ0v) is 12.7. The molecular weight excluding hydrogens is 336 g/mol. The van der Waals surface area contributed by atoms with Crippen LogP contribution >= 0.6 is 11.3 Å². The molecule has 1 amide bonds. The molecular formula is C14H12F4N2O2S. The first-order chi connectivity index (χ1) is 10.7. The van der Waals surface area contributed by atoms with Crippen molar-refractivity contribution in [2.75, 3.05) is 13.6 Å². The molecule has 0 saturated carbocycles. The molecule has 1 aromatic carbocycles. The van der Waals surface area contributed by atoms with Crippen molar-refractivity contribution >= 4 is 17.2 Å². The standard InChI is InChI=1S/C14H12F4N2O2S/c1-20(6-11(21)14(16,17)18)13(22)10-7-23-12(19-10)8-4-2-3-5-9(8)15/h2-5,7,11,21H,6H2,1H3. The number of carbonyl (C=O) groups is 1. The van der Waals surface area contributed by atoms with Crippen LogP contribution in [0.1, 0.15) is 10.5 Å². The minimum absolute atomic E-state index is 0.106. The third-order valence-corrected chi connectivity index (χ3v) is 3.87. The van der Waals surface area contributed by atoms with Gasteiger partial charge in [0.25, 0.3) is 5.91 Å². The van der Waals surface area contributed by atoms with Crippen molar-refractivity contribution in [1.29, 1.82) is 0 Å². The Balaban J connectivity index is 2.14. The first kappa shape index (κ1) is 17.4. The smallest absolute Gasteiger partial charge is 0.382 e. The molecule has 0 spiro atoms. The van der Waals surface area contributed by atoms with Crippen LogP contribution in [0.25, 0.3) is 10.6 Å². The molecule has 1 heterocycles. The van der Waals surface area contributed by atoms with Gasteiger partial charge < -0.3 is 10.0 Å². The third kappa shape index (κ3) is 4.05. The summed E-state index contributed by atoms with van der Waals surface area (Å²) in [6, 6.07) is 5.83. The molecule has 1 aromatic heterocycles. The Morgan fingerprint density at radius 1 is 1.39 bits per heavy atom. The number of halogens is 4. The van der Waals surface area contributed by atoms with E-state index in [1.165, 1.54) is 23.6 Å². The van der Waals surface area contributed by atoms with Crippen LogP contribution in [0.2, 0.25) is 0 Å². The van der Waals surface area contributed by atoms with Crippen LogP contribution < -0.4 is 0 Å². The number of aliphatic hydroxyl groups excluding tert-OH is 1. The highest BCUT2D eigenvalue weighted by molar-refractivity contribution is 7.13. The quantitative estimate of drug-likeness (QED) is 0.865. The summed E-state index contributed by atoms with van der Waals surface area (Å²) in [6.07, 6.45) is -7.45. The van der Waals surface area contributed by atoms with Gasteiger partial charge in [0, 0.05) is 18.0 Å². The van der Waals surface area contributed by atoms with E-state index in [1.807, 2.05) is 0 Å². The van der Waals surface area contributed by atoms with Crippen LogP contribution in [0.4, 0.5) is 17.6 Å². The first-order valence-corrected chi connectivity index (χ1v) is 7.28. The Labute approximate surface area is 133 Å². The topological polar surface area (TPSA) is 53.4 Å². The summed E-state index contributed by atoms with van der Waals surface area (Å²) in [5.41, 5.74) is 0.0969. The Morgan fingerprint density at radius 2 is 2.04 bits per heavy atom. The average molecular weight is 348 g/mol. The monoisotopic (exact) mass is 348 g/mol. The number of rotatable bonds is 4. The van der Waals surface area contributed by atoms with Crippen molar-refractivity contribution in [3.8, 4) is 10.6 Å². The summed E-state index contributed by atoms with van der Waals surface area (Å²) in [5.74, 6) is -1.30. The van der Waals surface area contributed by atoms with Gasteiger partial charge in [0.05, 0.1) is 6.54 Å². The predicted molar refractivity (Wildman–Crippen MR) is 76.5 cm³/mol. The Bertz CT molecular complexity index is 702. The van der Waals surface area contributed by atoms with Crippen molar-refractivity contribution in [1.82, 2.24) is 9.88 Å². The molecule has 0 saturated heterocycles. The molecule has 9 heteroatoms. The van der Waals surface area contributed by atoms with E-state index in [1.54, 1.807) is 6.07 Å². The fourth-order valence-electron chi connectivity index (χ4n) is 1.77. The van der Waals surface area contributed by atoms with Gasteiger partial charge in [0.15, 0.2) is 6.10 Å². The van der Waals surface area contributed by atoms with Crippen molar-refractivity contribution in [3.05, 3.63) is 41.2 Å². The zero-order valence-electron chi connectivity index (χ0n) is 11.8. The molecule has 0 aliphatic carbocycles. The number of benzene rings is 1. The molecule has 1 unspecified atom stereocenters. The highest BCUT2D eigenvalue weighted by Gasteiger charge is 2.39. The van der Waals surface area contributed by atoms with E-state index in [9.17, 15) is 22.4 Å². The summed E-state index contributed by atoms with van der Waals surface area (Å²) in [7, 11) is 1.12. The maximum atomic E-state index is 13.7. The second-order valence-corrected chi connectivity index (χ2v) is 5.62. The molecule has 124 valence electrons. The molecule has 1 N–H and O–H groups in total. The highest BCUT2D eigenvalue weighted by Crippen LogP contribution is 2.27. The van der Waals surface area contributed by atoms with Crippen molar-refractivity contribution in [2.45, 2.75) is 12.3 Å². The van der Waals surface area contributed by atoms with Gasteiger partial charge in [-0.2, -0.15) is 13.2 Å². The fraction of sp³-hybridized carbons (Fsp3) is 0.286. The first-order valence-electron chi connectivity index (χ1n) is 6.41. The summed E-state index contributed by atoms with van der Waals surface area (Å²) >= 11 is 1.00. The number of thiazole rings is 1. The number of aliphatic hydroxyl groups is 1. The van der Waals surface area contributed by atoms with Crippen molar-refractivity contribution in [3.63, 3.8) is 0 Å². The largest absolute Gasteiger partial charge is 0.416 e. The van der Waals surface area contributed by atoms with Gasteiger partial charge in [-0.3, -0.25) is 4.79 Å². The summed E-state index contributed by atoms with van der Waals surface area (Å²) in [6.45, 7) is -0.908. The maximum absolute atomic E-state index is 13.7. The lowest BCUT2D eigenvalue weighted by molar-refractivity contribution is -0.205. The van der Waals surface area contributed by atoms with Gasteiger partial charge >= 0.3 is 6.18 Å². The van der Waals surface area contributed by atoms with Crippen LogP contribution in [-0.4, -0.2) is 46.8 Å². The number of nitrogens with zero attached hydrogens (tertiary/aromatic N) is 2. The van der Waals surface area contributed by atoms with Gasteiger partial charge in [0.1, 0.15) is 16.5 Å². The molecule has 0 fully saturated rings. The second-order valence-electron chi connectivity index (χ2n) is 4.76. The molecule has 0 aliphatic heterocycles. The van der Waals surface area contributed by atoms with E-state index >= 15 is 0 Å². The molecule has 0 radical (unpaired) electrons. The molecule has 23 heavy (non-hydrogen) atoms. The van der Waals surface area contributed by atoms with E-state index in [4.69, 9.17) is 5.11 Å². The summed E-state index contributed by atoms with van der Waals surface area (Å²) in [5, 5.41) is 10.6. The molecule has 2 aromatic rings. The molecule has 0 aliphatic rings. The number of hydrogen-bond acceptors (Lipinski definition) is 4. The third-order valence-electron chi connectivity index (χ3n) is 3.00. The minimum Gasteiger partial charge on any atom is -0.382 e. The van der Waals surface area contributed by atoms with Crippen molar-refractivity contribution < 1.29 is 27.5 Å². The Hall–Kier alpha value is -2.00. The lowest BCUT2D eigenvalue weighted by Crippen LogP contribution is -2.41. The number of hydrogen-bond donors (Lipinski definition) is 1. The summed E-state index contributed by atoms with van der Waals surface area (Å²) < 4.78 is 50.6. The lowest BCUT2D eigenvalue weighted by Gasteiger charge is -2.21. The van der Waals surface area contributed by atoms with E-state index in [0.29, 0.717) is 0 Å². The predicted octanol–water partition coefficient (Wildman–Crippen LogP) is 2.94. The van der Waals surface area contributed by atoms with E-state index < -0.39 is 30.5 Å². The highest BCUT2D eigenvalue weighted by atomic mass is 32.1. The Kier molecular flexibility index (Phi) is 5.00. The Morgan fingerprint density at radius 3 is 2.65 bits per heavy atom. The fourth-order valence-corrected chi connectivity index (χ4v) is 2.59. The van der Waals surface area contributed by atoms with Gasteiger partial charge in [0.2, 0.25) is 0 Å². The van der Waals surface area contributed by atoms with Crippen molar-refractivity contribution in [2.24, 2.45) is 0 Å². The van der Waals surface area contributed by atoms with Crippen LogP contribution in [0.5, 0.6) is 0 Å². The zero-order chi connectivity index (χ0) is 17.2. The second kappa shape index (κ2) is 6.63. The van der Waals surface area contributed by atoms with Crippen LogP contribution in [0.15, 0.2) is 29.6 Å². The van der Waals surface area contributed by atoms with Gasteiger partial charge in [-0.05, 0) is 12.1 Å². The molecule has 2 rings (SSSR count). The SMILES string of the molecule is CN(CC(O)C(F)(F)F)C(=O)c1csc(-c2ccccc2F)n1. The lowest BCUT2D eigenvalue weighted by atomic mass is 10.2. The molecule has 1 atom stereocenters. The number of likely N-dealkylation sites (N-methyl/N-ethyl adjacent to an activating group) is 1. The minimum atomic E-state index is -4.81.